The van der Waals surface area contributed by atoms with E-state index in [0.29, 0.717) is 11.8 Å². The number of anilines is 1. The maximum absolute atomic E-state index is 12.0. The number of allylic oxidation sites excluding steroid dienone is 1. The van der Waals surface area contributed by atoms with Crippen LogP contribution in [0.3, 0.4) is 0 Å². The number of ether oxygens (including phenoxy) is 1. The zero-order valence-corrected chi connectivity index (χ0v) is 10.9. The Morgan fingerprint density at radius 2 is 2.21 bits per heavy atom. The third-order valence-electron chi connectivity index (χ3n) is 3.92. The molecule has 1 fully saturated rings. The minimum Gasteiger partial charge on any atom is -0.497 e. The summed E-state index contributed by atoms with van der Waals surface area (Å²) in [6, 6.07) is 7.50. The number of hydrogen-bond donors (Lipinski definition) is 2. The Morgan fingerprint density at radius 1 is 1.32 bits per heavy atom. The summed E-state index contributed by atoms with van der Waals surface area (Å²) in [5.74, 6) is 1.91. The first-order valence-corrected chi connectivity index (χ1v) is 6.64. The molecule has 4 heteroatoms. The summed E-state index contributed by atoms with van der Waals surface area (Å²) in [7, 11) is 1.61. The van der Waals surface area contributed by atoms with Gasteiger partial charge in [0.15, 0.2) is 0 Å². The molecule has 100 valence electrons. The van der Waals surface area contributed by atoms with Crippen molar-refractivity contribution in [1.29, 1.82) is 0 Å². The highest BCUT2D eigenvalue weighted by molar-refractivity contribution is 5.89. The van der Waals surface area contributed by atoms with Crippen LogP contribution in [0.2, 0.25) is 0 Å². The molecular weight excluding hydrogens is 240 g/mol. The highest BCUT2D eigenvalue weighted by Gasteiger charge is 2.36. The Labute approximate surface area is 112 Å². The van der Waals surface area contributed by atoms with Crippen molar-refractivity contribution < 1.29 is 9.53 Å². The summed E-state index contributed by atoms with van der Waals surface area (Å²) in [5, 5.41) is 5.90. The lowest BCUT2D eigenvalue weighted by Crippen LogP contribution is -2.40. The number of hydrogen-bond acceptors (Lipinski definition) is 2. The van der Waals surface area contributed by atoms with E-state index >= 15 is 0 Å². The SMILES string of the molecule is COc1cccc(NC(=O)NC2CC3C=CC2C3)c1. The molecule has 0 aliphatic heterocycles. The smallest absolute Gasteiger partial charge is 0.319 e. The van der Waals surface area contributed by atoms with Crippen LogP contribution in [0.4, 0.5) is 10.5 Å². The molecule has 1 saturated carbocycles. The predicted molar refractivity (Wildman–Crippen MR) is 74.3 cm³/mol. The first-order valence-electron chi connectivity index (χ1n) is 6.64. The molecule has 0 radical (unpaired) electrons. The van der Waals surface area contributed by atoms with Crippen LogP contribution in [-0.4, -0.2) is 19.2 Å². The van der Waals surface area contributed by atoms with Crippen LogP contribution in [0, 0.1) is 11.8 Å². The summed E-state index contributed by atoms with van der Waals surface area (Å²) in [6.45, 7) is 0. The number of amides is 2. The maximum Gasteiger partial charge on any atom is 0.319 e. The molecule has 2 bridgehead atoms. The maximum atomic E-state index is 12.0. The van der Waals surface area contributed by atoms with E-state index in [1.54, 1.807) is 13.2 Å². The molecule has 2 N–H and O–H groups in total. The molecule has 3 atom stereocenters. The van der Waals surface area contributed by atoms with Crippen molar-refractivity contribution in [3.05, 3.63) is 36.4 Å². The quantitative estimate of drug-likeness (QED) is 0.819. The Kier molecular flexibility index (Phi) is 3.15. The fourth-order valence-corrected chi connectivity index (χ4v) is 2.98. The van der Waals surface area contributed by atoms with Crippen molar-refractivity contribution in [2.45, 2.75) is 18.9 Å². The van der Waals surface area contributed by atoms with Crippen LogP contribution >= 0.6 is 0 Å². The summed E-state index contributed by atoms with van der Waals surface area (Å²) < 4.78 is 5.13. The molecule has 1 aromatic rings. The molecule has 0 aromatic heterocycles. The zero-order chi connectivity index (χ0) is 13.2. The Morgan fingerprint density at radius 3 is 2.89 bits per heavy atom. The number of nitrogens with one attached hydrogen (secondary N) is 2. The number of methoxy groups -OCH3 is 1. The number of benzene rings is 1. The van der Waals surface area contributed by atoms with Gasteiger partial charge in [0.25, 0.3) is 0 Å². The van der Waals surface area contributed by atoms with E-state index in [0.717, 1.165) is 17.9 Å². The summed E-state index contributed by atoms with van der Waals surface area (Å²) in [4.78, 5) is 12.0. The summed E-state index contributed by atoms with van der Waals surface area (Å²) in [5.41, 5.74) is 0.746. The second-order valence-corrected chi connectivity index (χ2v) is 5.22. The van der Waals surface area contributed by atoms with Crippen LogP contribution in [0.5, 0.6) is 5.75 Å². The van der Waals surface area contributed by atoms with Crippen LogP contribution in [0.15, 0.2) is 36.4 Å². The Balaban J connectivity index is 1.57. The fourth-order valence-electron chi connectivity index (χ4n) is 2.98. The lowest BCUT2D eigenvalue weighted by Gasteiger charge is -2.20. The zero-order valence-electron chi connectivity index (χ0n) is 10.9. The molecule has 19 heavy (non-hydrogen) atoms. The monoisotopic (exact) mass is 258 g/mol. The summed E-state index contributed by atoms with van der Waals surface area (Å²) >= 11 is 0. The lowest BCUT2D eigenvalue weighted by atomic mass is 10.0. The van der Waals surface area contributed by atoms with Gasteiger partial charge in [0.05, 0.1) is 7.11 Å². The molecule has 1 aromatic carbocycles. The van der Waals surface area contributed by atoms with E-state index in [2.05, 4.69) is 22.8 Å². The number of urea groups is 1. The van der Waals surface area contributed by atoms with Gasteiger partial charge in [-0.15, -0.1) is 0 Å². The van der Waals surface area contributed by atoms with E-state index in [1.807, 2.05) is 18.2 Å². The van der Waals surface area contributed by atoms with Gasteiger partial charge in [-0.25, -0.2) is 4.79 Å². The van der Waals surface area contributed by atoms with Crippen molar-refractivity contribution >= 4 is 11.7 Å². The van der Waals surface area contributed by atoms with Crippen LogP contribution in [0.25, 0.3) is 0 Å². The molecule has 0 heterocycles. The van der Waals surface area contributed by atoms with Crippen molar-refractivity contribution in [3.63, 3.8) is 0 Å². The number of rotatable bonds is 3. The van der Waals surface area contributed by atoms with Crippen molar-refractivity contribution in [1.82, 2.24) is 5.32 Å². The summed E-state index contributed by atoms with van der Waals surface area (Å²) in [6.07, 6.45) is 6.74. The topological polar surface area (TPSA) is 50.4 Å². The van der Waals surface area contributed by atoms with Gasteiger partial charge < -0.3 is 15.4 Å². The Hall–Kier alpha value is -1.97. The molecule has 2 aliphatic carbocycles. The molecule has 0 spiro atoms. The highest BCUT2D eigenvalue weighted by atomic mass is 16.5. The van der Waals surface area contributed by atoms with Crippen LogP contribution < -0.4 is 15.4 Å². The molecule has 2 amide bonds. The number of fused-ring (bicyclic) bond motifs is 2. The molecule has 0 saturated heterocycles. The minimum absolute atomic E-state index is 0.140. The second-order valence-electron chi connectivity index (χ2n) is 5.22. The van der Waals surface area contributed by atoms with Crippen molar-refractivity contribution in [2.75, 3.05) is 12.4 Å². The van der Waals surface area contributed by atoms with E-state index in [-0.39, 0.29) is 12.1 Å². The van der Waals surface area contributed by atoms with Gasteiger partial charge in [0.1, 0.15) is 5.75 Å². The van der Waals surface area contributed by atoms with Gasteiger partial charge in [0, 0.05) is 17.8 Å². The van der Waals surface area contributed by atoms with E-state index in [4.69, 9.17) is 4.74 Å². The van der Waals surface area contributed by atoms with Gasteiger partial charge in [-0.05, 0) is 36.8 Å². The van der Waals surface area contributed by atoms with Crippen LogP contribution in [-0.2, 0) is 0 Å². The number of carbonyl (C=O) groups is 1. The first-order chi connectivity index (χ1) is 9.24. The van der Waals surface area contributed by atoms with Crippen LogP contribution in [0.1, 0.15) is 12.8 Å². The standard InChI is InChI=1S/C15H18N2O2/c1-19-13-4-2-3-12(9-13)16-15(18)17-14-8-10-5-6-11(14)7-10/h2-6,9-11,14H,7-8H2,1H3,(H2,16,17,18). The van der Waals surface area contributed by atoms with Gasteiger partial charge in [0.2, 0.25) is 0 Å². The highest BCUT2D eigenvalue weighted by Crippen LogP contribution is 2.38. The number of carbonyl (C=O) groups excluding carboxylic acids is 1. The van der Waals surface area contributed by atoms with Gasteiger partial charge >= 0.3 is 6.03 Å². The second kappa shape index (κ2) is 4.96. The Bertz CT molecular complexity index is 513. The molecule has 3 rings (SSSR count). The average Bonchev–Trinajstić information content (AvgIpc) is 3.01. The minimum atomic E-state index is -0.140. The molecule has 4 nitrogen and oxygen atoms in total. The lowest BCUT2D eigenvalue weighted by molar-refractivity contribution is 0.246. The largest absolute Gasteiger partial charge is 0.497 e. The predicted octanol–water partition coefficient (Wildman–Crippen LogP) is 2.78. The van der Waals surface area contributed by atoms with Crippen molar-refractivity contribution in [3.8, 4) is 5.75 Å². The molecular formula is C15H18N2O2. The molecule has 3 unspecified atom stereocenters. The molecule has 2 aliphatic rings. The van der Waals surface area contributed by atoms with Crippen molar-refractivity contribution in [2.24, 2.45) is 11.8 Å². The van der Waals surface area contributed by atoms with Gasteiger partial charge in [-0.1, -0.05) is 18.2 Å². The average molecular weight is 258 g/mol. The fraction of sp³-hybridized carbons (Fsp3) is 0.400. The van der Waals surface area contributed by atoms with E-state index in [9.17, 15) is 4.79 Å². The van der Waals surface area contributed by atoms with E-state index < -0.39 is 0 Å². The third kappa shape index (κ3) is 2.57. The van der Waals surface area contributed by atoms with Gasteiger partial charge in [-0.3, -0.25) is 0 Å². The third-order valence-corrected chi connectivity index (χ3v) is 3.92. The van der Waals surface area contributed by atoms with Gasteiger partial charge in [-0.2, -0.15) is 0 Å². The van der Waals surface area contributed by atoms with E-state index in [1.165, 1.54) is 6.42 Å². The normalized spacial score (nSPS) is 27.3. The first kappa shape index (κ1) is 12.1.